The summed E-state index contributed by atoms with van der Waals surface area (Å²) < 4.78 is 277. The fourth-order valence-electron chi connectivity index (χ4n) is 1.46. The van der Waals surface area contributed by atoms with Crippen LogP contribution < -0.4 is 0 Å². The number of hydrogen-bond donors (Lipinski definition) is 0. The number of halogens is 18. The van der Waals surface area contributed by atoms with Crippen molar-refractivity contribution >= 4 is 26.5 Å². The Morgan fingerprint density at radius 3 is 1.06 bits per heavy atom. The number of carbonyl (C=O) groups is 1. The molecular formula is C9F18O7S2. The molecule has 0 fully saturated rings. The SMILES string of the molecule is O=C(F)C(F)(OC(F)(F)C(F)(F)C(F)(F)OC(F)(C(F)(F)S(=O)(=O)F)C(F)(F)S(=O)(=O)F)C(F)(F)F. The van der Waals surface area contributed by atoms with Crippen LogP contribution in [0.5, 0.6) is 0 Å². The summed E-state index contributed by atoms with van der Waals surface area (Å²) in [5.74, 6) is -24.5. The van der Waals surface area contributed by atoms with Crippen LogP contribution in [-0.4, -0.2) is 69.4 Å². The van der Waals surface area contributed by atoms with Gasteiger partial charge in [0.15, 0.2) is 0 Å². The van der Waals surface area contributed by atoms with Crippen molar-refractivity contribution in [3.05, 3.63) is 0 Å². The first-order valence-electron chi connectivity index (χ1n) is 6.93. The second-order valence-corrected chi connectivity index (χ2v) is 8.46. The lowest BCUT2D eigenvalue weighted by Crippen LogP contribution is -2.69. The van der Waals surface area contributed by atoms with Gasteiger partial charge in [-0.3, -0.25) is 14.3 Å². The summed E-state index contributed by atoms with van der Waals surface area (Å²) in [6, 6.07) is -4.88. The monoisotopic (exact) mass is 626 g/mol. The zero-order chi connectivity index (χ0) is 30.0. The van der Waals surface area contributed by atoms with E-state index in [0.29, 0.717) is 0 Å². The molecule has 0 aromatic carbocycles. The Bertz CT molecular complexity index is 1030. The number of rotatable bonds is 11. The van der Waals surface area contributed by atoms with Gasteiger partial charge >= 0.3 is 73.0 Å². The Morgan fingerprint density at radius 2 is 0.833 bits per heavy atom. The van der Waals surface area contributed by atoms with Gasteiger partial charge in [0, 0.05) is 0 Å². The lowest BCUT2D eigenvalue weighted by molar-refractivity contribution is -0.514. The standard InChI is InChI=1S/C9F18O7S2/c10-1(28)2(11,5(15,16)17)33-6(18,19)3(12,13)7(20,21)34-4(14,8(22,23)35(26,29)30)9(24,25)36(27,31)32. The Hall–Kier alpha value is -1.77. The van der Waals surface area contributed by atoms with Crippen LogP contribution >= 0.6 is 0 Å². The Labute approximate surface area is 183 Å². The minimum absolute atomic E-state index is 1.09. The summed E-state index contributed by atoms with van der Waals surface area (Å²) in [5.41, 5.74) is 0. The first kappa shape index (κ1) is 34.2. The molecule has 0 aliphatic rings. The molecule has 0 N–H and O–H groups in total. The van der Waals surface area contributed by atoms with E-state index in [2.05, 4.69) is 0 Å². The molecule has 0 aromatic rings. The van der Waals surface area contributed by atoms with Gasteiger partial charge in [-0.05, 0) is 0 Å². The largest absolute Gasteiger partial charge is 0.459 e. The van der Waals surface area contributed by atoms with E-state index < -0.39 is 73.0 Å². The number of alkyl halides is 15. The molecule has 1 unspecified atom stereocenters. The van der Waals surface area contributed by atoms with Gasteiger partial charge in [-0.1, -0.05) is 7.77 Å². The average Bonchev–Trinajstić information content (AvgIpc) is 2.56. The van der Waals surface area contributed by atoms with Crippen LogP contribution in [0.3, 0.4) is 0 Å². The molecule has 0 radical (unpaired) electrons. The summed E-state index contributed by atoms with van der Waals surface area (Å²) in [6.07, 6.45) is -24.3. The lowest BCUT2D eigenvalue weighted by atomic mass is 10.2. The van der Waals surface area contributed by atoms with E-state index >= 15 is 0 Å². The van der Waals surface area contributed by atoms with Gasteiger partial charge in [0.2, 0.25) is 0 Å². The molecule has 0 aliphatic carbocycles. The second-order valence-electron chi connectivity index (χ2n) is 5.68. The highest BCUT2D eigenvalue weighted by molar-refractivity contribution is 7.88. The third-order valence-corrected chi connectivity index (χ3v) is 5.00. The van der Waals surface area contributed by atoms with E-state index in [0.717, 1.165) is 4.74 Å². The van der Waals surface area contributed by atoms with Crippen LogP contribution in [0.4, 0.5) is 78.0 Å². The van der Waals surface area contributed by atoms with E-state index in [-0.39, 0.29) is 0 Å². The van der Waals surface area contributed by atoms with Crippen LogP contribution in [0.25, 0.3) is 0 Å². The molecule has 0 aliphatic heterocycles. The summed E-state index contributed by atoms with van der Waals surface area (Å²) in [6.45, 7) is 0. The molecule has 0 spiro atoms. The molecule has 7 nitrogen and oxygen atoms in total. The summed E-state index contributed by atoms with van der Waals surface area (Å²) in [5, 5.41) is -16.5. The summed E-state index contributed by atoms with van der Waals surface area (Å²) >= 11 is 0. The first-order chi connectivity index (χ1) is 15.1. The van der Waals surface area contributed by atoms with Gasteiger partial charge < -0.3 is 0 Å². The molecule has 0 heterocycles. The van der Waals surface area contributed by atoms with Crippen molar-refractivity contribution in [2.45, 2.75) is 46.5 Å². The highest BCUT2D eigenvalue weighted by Gasteiger charge is 2.89. The lowest BCUT2D eigenvalue weighted by Gasteiger charge is -2.40. The van der Waals surface area contributed by atoms with Crippen LogP contribution in [0.15, 0.2) is 0 Å². The summed E-state index contributed by atoms with van der Waals surface area (Å²) in [4.78, 5) is 9.92. The van der Waals surface area contributed by atoms with Crippen LogP contribution in [0.2, 0.25) is 0 Å². The predicted octanol–water partition coefficient (Wildman–Crippen LogP) is 4.01. The van der Waals surface area contributed by atoms with E-state index in [1.165, 1.54) is 4.74 Å². The smallest absolute Gasteiger partial charge is 0.265 e. The Morgan fingerprint density at radius 1 is 0.556 bits per heavy atom. The Balaban J connectivity index is 7.17. The van der Waals surface area contributed by atoms with Gasteiger partial charge in [0.1, 0.15) is 0 Å². The maximum Gasteiger partial charge on any atom is 0.459 e. The van der Waals surface area contributed by atoms with Gasteiger partial charge in [0.05, 0.1) is 0 Å². The molecule has 0 amide bonds. The molecule has 1 atom stereocenters. The van der Waals surface area contributed by atoms with Crippen LogP contribution in [0.1, 0.15) is 0 Å². The zero-order valence-electron chi connectivity index (χ0n) is 15.0. The van der Waals surface area contributed by atoms with Gasteiger partial charge in [-0.2, -0.15) is 87.1 Å². The minimum atomic E-state index is -8.66. The van der Waals surface area contributed by atoms with Crippen molar-refractivity contribution in [3.63, 3.8) is 0 Å². The number of hydrogen-bond acceptors (Lipinski definition) is 7. The van der Waals surface area contributed by atoms with E-state index in [1.54, 1.807) is 0 Å². The maximum absolute atomic E-state index is 14.0. The summed E-state index contributed by atoms with van der Waals surface area (Å²) in [7, 11) is -17.3. The molecular weight excluding hydrogens is 626 g/mol. The molecule has 0 bridgehead atoms. The van der Waals surface area contributed by atoms with Crippen molar-refractivity contribution in [2.24, 2.45) is 0 Å². The van der Waals surface area contributed by atoms with Crippen molar-refractivity contribution in [2.75, 3.05) is 0 Å². The molecule has 27 heteroatoms. The normalized spacial score (nSPS) is 17.6. The third kappa shape index (κ3) is 5.01. The van der Waals surface area contributed by atoms with Crippen molar-refractivity contribution in [1.82, 2.24) is 0 Å². The van der Waals surface area contributed by atoms with E-state index in [4.69, 9.17) is 0 Å². The first-order valence-corrected chi connectivity index (χ1v) is 9.69. The average molecular weight is 626 g/mol. The molecule has 36 heavy (non-hydrogen) atoms. The minimum Gasteiger partial charge on any atom is -0.265 e. The topological polar surface area (TPSA) is 104 Å². The second kappa shape index (κ2) is 8.63. The van der Waals surface area contributed by atoms with Crippen molar-refractivity contribution in [1.29, 1.82) is 0 Å². The molecule has 216 valence electrons. The highest BCUT2D eigenvalue weighted by atomic mass is 32.3. The zero-order valence-corrected chi connectivity index (χ0v) is 16.6. The molecule has 0 saturated carbocycles. The highest BCUT2D eigenvalue weighted by Crippen LogP contribution is 2.58. The molecule has 0 rings (SSSR count). The molecule has 0 saturated heterocycles. The van der Waals surface area contributed by atoms with Crippen molar-refractivity contribution in [3.8, 4) is 0 Å². The van der Waals surface area contributed by atoms with Gasteiger partial charge in [-0.25, -0.2) is 0 Å². The third-order valence-electron chi connectivity index (χ3n) is 3.25. The number of ether oxygens (including phenoxy) is 2. The maximum atomic E-state index is 14.0. The number of carbonyl (C=O) groups excluding carboxylic acids is 1. The van der Waals surface area contributed by atoms with Crippen LogP contribution in [-0.2, 0) is 34.7 Å². The Kier molecular flexibility index (Phi) is 8.21. The van der Waals surface area contributed by atoms with E-state index in [9.17, 15) is 99.6 Å². The van der Waals surface area contributed by atoms with Gasteiger partial charge in [0.25, 0.3) is 0 Å². The van der Waals surface area contributed by atoms with Crippen molar-refractivity contribution < 1.29 is 109 Å². The quantitative estimate of drug-likeness (QED) is 0.252. The fourth-order valence-corrected chi connectivity index (χ4v) is 2.49. The van der Waals surface area contributed by atoms with Crippen LogP contribution in [0, 0.1) is 0 Å². The van der Waals surface area contributed by atoms with Gasteiger partial charge in [-0.15, -0.1) is 0 Å². The predicted molar refractivity (Wildman–Crippen MR) is 66.8 cm³/mol. The molecule has 0 aromatic heterocycles. The fraction of sp³-hybridized carbons (Fsp3) is 0.889. The van der Waals surface area contributed by atoms with E-state index in [1.807, 2.05) is 0 Å².